The number of likely N-dealkylation sites (tertiary alicyclic amines) is 2. The van der Waals surface area contributed by atoms with Crippen molar-refractivity contribution in [1.82, 2.24) is 14.8 Å². The molecule has 1 unspecified atom stereocenters. The Morgan fingerprint density at radius 3 is 2.72 bits per heavy atom. The molecule has 1 aromatic heterocycles. The van der Waals surface area contributed by atoms with Crippen LogP contribution < -0.4 is 9.47 Å². The zero-order valence-electron chi connectivity index (χ0n) is 16.2. The van der Waals surface area contributed by atoms with Gasteiger partial charge in [-0.3, -0.25) is 14.6 Å². The van der Waals surface area contributed by atoms with Crippen LogP contribution >= 0.6 is 0 Å². The molecule has 2 fully saturated rings. The summed E-state index contributed by atoms with van der Waals surface area (Å²) in [5, 5.41) is 0. The van der Waals surface area contributed by atoms with Crippen LogP contribution in [0, 0.1) is 5.41 Å². The van der Waals surface area contributed by atoms with Crippen LogP contribution in [0.4, 0.5) is 0 Å². The number of carbonyl (C=O) groups is 2. The lowest BCUT2D eigenvalue weighted by atomic mass is 9.85. The zero-order chi connectivity index (χ0) is 19.8. The molecule has 5 rings (SSSR count). The van der Waals surface area contributed by atoms with Crippen LogP contribution in [0.5, 0.6) is 11.5 Å². The Balaban J connectivity index is 1.28. The van der Waals surface area contributed by atoms with Crippen LogP contribution in [0.2, 0.25) is 0 Å². The summed E-state index contributed by atoms with van der Waals surface area (Å²) in [5.41, 5.74) is 1.00. The number of benzene rings is 1. The molecule has 1 aromatic carbocycles. The van der Waals surface area contributed by atoms with Crippen molar-refractivity contribution >= 4 is 11.8 Å². The lowest BCUT2D eigenvalue weighted by molar-refractivity contribution is -0.135. The molecule has 0 saturated carbocycles. The highest BCUT2D eigenvalue weighted by Gasteiger charge is 2.51. The molecule has 3 aliphatic rings. The van der Waals surface area contributed by atoms with Crippen molar-refractivity contribution < 1.29 is 19.1 Å². The predicted molar refractivity (Wildman–Crippen MR) is 105 cm³/mol. The van der Waals surface area contributed by atoms with Gasteiger partial charge in [-0.1, -0.05) is 6.07 Å². The molecule has 1 atom stereocenters. The quantitative estimate of drug-likeness (QED) is 0.799. The minimum absolute atomic E-state index is 0.0603. The highest BCUT2D eigenvalue weighted by molar-refractivity contribution is 5.96. The van der Waals surface area contributed by atoms with Crippen molar-refractivity contribution in [1.29, 1.82) is 0 Å². The highest BCUT2D eigenvalue weighted by atomic mass is 16.6. The van der Waals surface area contributed by atoms with Crippen molar-refractivity contribution in [3.05, 3.63) is 53.9 Å². The van der Waals surface area contributed by atoms with E-state index in [4.69, 9.17) is 9.47 Å². The van der Waals surface area contributed by atoms with Gasteiger partial charge < -0.3 is 19.3 Å². The Kier molecular flexibility index (Phi) is 4.38. The van der Waals surface area contributed by atoms with Gasteiger partial charge in [-0.2, -0.15) is 0 Å². The van der Waals surface area contributed by atoms with E-state index in [1.807, 2.05) is 23.1 Å². The Labute approximate surface area is 169 Å². The second kappa shape index (κ2) is 7.06. The molecule has 150 valence electrons. The van der Waals surface area contributed by atoms with Gasteiger partial charge in [-0.15, -0.1) is 0 Å². The third-order valence-corrected chi connectivity index (χ3v) is 6.11. The monoisotopic (exact) mass is 393 g/mol. The van der Waals surface area contributed by atoms with Crippen LogP contribution in [-0.4, -0.2) is 59.4 Å². The van der Waals surface area contributed by atoms with E-state index in [1.165, 1.54) is 0 Å². The average Bonchev–Trinajstić information content (AvgIpc) is 3.33. The summed E-state index contributed by atoms with van der Waals surface area (Å²) < 4.78 is 11.1. The lowest BCUT2D eigenvalue weighted by Gasteiger charge is -2.24. The minimum Gasteiger partial charge on any atom is -0.486 e. The van der Waals surface area contributed by atoms with Gasteiger partial charge in [0.25, 0.3) is 5.91 Å². The number of carbonyl (C=O) groups excluding carboxylic acids is 2. The standard InChI is InChI=1S/C22H23N3O4/c26-20(16-4-5-18-19(13-16)29-12-11-28-18)25-10-7-22(15-25)6-9-24(21(22)27)14-17-3-1-2-8-23-17/h1-5,8,13H,6-7,9-12,14-15H2. The first kappa shape index (κ1) is 18.0. The van der Waals surface area contributed by atoms with E-state index in [9.17, 15) is 9.59 Å². The molecule has 2 saturated heterocycles. The Bertz CT molecular complexity index is 948. The Morgan fingerprint density at radius 2 is 1.90 bits per heavy atom. The number of aromatic nitrogens is 1. The van der Waals surface area contributed by atoms with E-state index >= 15 is 0 Å². The van der Waals surface area contributed by atoms with Crippen LogP contribution in [0.25, 0.3) is 0 Å². The molecule has 29 heavy (non-hydrogen) atoms. The number of ether oxygens (including phenoxy) is 2. The lowest BCUT2D eigenvalue weighted by Crippen LogP contribution is -2.38. The van der Waals surface area contributed by atoms with Crippen LogP contribution in [0.15, 0.2) is 42.6 Å². The topological polar surface area (TPSA) is 72.0 Å². The normalized spacial score (nSPS) is 23.1. The first-order valence-corrected chi connectivity index (χ1v) is 10.0. The van der Waals surface area contributed by atoms with Crippen LogP contribution in [0.1, 0.15) is 28.9 Å². The number of rotatable bonds is 3. The smallest absolute Gasteiger partial charge is 0.254 e. The van der Waals surface area contributed by atoms with E-state index < -0.39 is 5.41 Å². The summed E-state index contributed by atoms with van der Waals surface area (Å²) in [4.78, 5) is 34.2. The predicted octanol–water partition coefficient (Wildman–Crippen LogP) is 2.12. The van der Waals surface area contributed by atoms with Crippen LogP contribution in [-0.2, 0) is 11.3 Å². The van der Waals surface area contributed by atoms with Gasteiger partial charge in [0.05, 0.1) is 17.7 Å². The zero-order valence-corrected chi connectivity index (χ0v) is 16.2. The summed E-state index contributed by atoms with van der Waals surface area (Å²) in [6, 6.07) is 11.0. The molecule has 7 heteroatoms. The molecule has 1 spiro atoms. The van der Waals surface area contributed by atoms with Gasteiger partial charge in [-0.25, -0.2) is 0 Å². The number of pyridine rings is 1. The first-order valence-electron chi connectivity index (χ1n) is 10.0. The van der Waals surface area contributed by atoms with Gasteiger partial charge >= 0.3 is 0 Å². The number of hydrogen-bond acceptors (Lipinski definition) is 5. The summed E-state index contributed by atoms with van der Waals surface area (Å²) in [5.74, 6) is 1.35. The van der Waals surface area contributed by atoms with Gasteiger partial charge in [0.15, 0.2) is 11.5 Å². The van der Waals surface area contributed by atoms with Crippen molar-refractivity contribution in [2.24, 2.45) is 5.41 Å². The highest BCUT2D eigenvalue weighted by Crippen LogP contribution is 2.42. The third kappa shape index (κ3) is 3.20. The van der Waals surface area contributed by atoms with Crippen molar-refractivity contribution in [2.45, 2.75) is 19.4 Å². The minimum atomic E-state index is -0.460. The van der Waals surface area contributed by atoms with E-state index in [0.717, 1.165) is 12.1 Å². The molecule has 0 aliphatic carbocycles. The Hall–Kier alpha value is -3.09. The second-order valence-electron chi connectivity index (χ2n) is 7.91. The molecule has 3 aliphatic heterocycles. The maximum absolute atomic E-state index is 13.2. The molecular weight excluding hydrogens is 370 g/mol. The maximum Gasteiger partial charge on any atom is 0.254 e. The van der Waals surface area contributed by atoms with Crippen LogP contribution in [0.3, 0.4) is 0 Å². The molecule has 7 nitrogen and oxygen atoms in total. The average molecular weight is 393 g/mol. The summed E-state index contributed by atoms with van der Waals surface area (Å²) in [6.45, 7) is 3.30. The fourth-order valence-corrected chi connectivity index (χ4v) is 4.51. The largest absolute Gasteiger partial charge is 0.486 e. The second-order valence-corrected chi connectivity index (χ2v) is 7.91. The first-order chi connectivity index (χ1) is 14.1. The number of hydrogen-bond donors (Lipinski definition) is 0. The van der Waals surface area contributed by atoms with E-state index in [0.29, 0.717) is 62.9 Å². The van der Waals surface area contributed by atoms with Crippen molar-refractivity contribution in [2.75, 3.05) is 32.8 Å². The van der Waals surface area contributed by atoms with Gasteiger partial charge in [0, 0.05) is 31.4 Å². The van der Waals surface area contributed by atoms with E-state index in [2.05, 4.69) is 4.98 Å². The van der Waals surface area contributed by atoms with Gasteiger partial charge in [0.2, 0.25) is 5.91 Å². The molecule has 0 N–H and O–H groups in total. The van der Waals surface area contributed by atoms with Gasteiger partial charge in [0.1, 0.15) is 13.2 Å². The number of fused-ring (bicyclic) bond motifs is 1. The van der Waals surface area contributed by atoms with Gasteiger partial charge in [-0.05, 0) is 43.2 Å². The van der Waals surface area contributed by atoms with E-state index in [1.54, 1.807) is 29.3 Å². The summed E-state index contributed by atoms with van der Waals surface area (Å²) >= 11 is 0. The number of amides is 2. The maximum atomic E-state index is 13.2. The molecule has 2 amide bonds. The molecule has 2 aromatic rings. The molecule has 4 heterocycles. The third-order valence-electron chi connectivity index (χ3n) is 6.11. The fraction of sp³-hybridized carbons (Fsp3) is 0.409. The Morgan fingerprint density at radius 1 is 1.07 bits per heavy atom. The molecule has 0 radical (unpaired) electrons. The van der Waals surface area contributed by atoms with Crippen molar-refractivity contribution in [3.63, 3.8) is 0 Å². The summed E-state index contributed by atoms with van der Waals surface area (Å²) in [7, 11) is 0. The summed E-state index contributed by atoms with van der Waals surface area (Å²) in [6.07, 6.45) is 3.24. The fourth-order valence-electron chi connectivity index (χ4n) is 4.51. The van der Waals surface area contributed by atoms with E-state index in [-0.39, 0.29) is 11.8 Å². The van der Waals surface area contributed by atoms with Crippen molar-refractivity contribution in [3.8, 4) is 11.5 Å². The number of nitrogens with zero attached hydrogens (tertiary/aromatic N) is 3. The molecule has 0 bridgehead atoms. The SMILES string of the molecule is O=C(c1ccc2c(c1)OCCO2)N1CCC2(CCN(Cc3ccccn3)C2=O)C1. The molecular formula is C22H23N3O4.